The molecular weight excluding hydrogens is 304 g/mol. The number of rotatable bonds is 5. The van der Waals surface area contributed by atoms with Crippen LogP contribution in [0.3, 0.4) is 0 Å². The molecule has 0 spiro atoms. The predicted octanol–water partition coefficient (Wildman–Crippen LogP) is 1.22. The lowest BCUT2D eigenvalue weighted by molar-refractivity contribution is -0.155. The van der Waals surface area contributed by atoms with E-state index in [0.717, 1.165) is 12.2 Å². The summed E-state index contributed by atoms with van der Waals surface area (Å²) < 4.78 is 1.87. The molecule has 1 aliphatic heterocycles. The second-order valence-corrected chi connectivity index (χ2v) is 6.15. The van der Waals surface area contributed by atoms with Gasteiger partial charge in [0.2, 0.25) is 11.8 Å². The summed E-state index contributed by atoms with van der Waals surface area (Å²) in [6.07, 6.45) is 4.29. The number of benzene rings is 1. The molecule has 126 valence electrons. The van der Waals surface area contributed by atoms with Gasteiger partial charge in [0.05, 0.1) is 13.1 Å². The number of nitrogens with zero attached hydrogens (tertiary/aromatic N) is 4. The van der Waals surface area contributed by atoms with Crippen LogP contribution >= 0.6 is 0 Å². The third-order valence-electron chi connectivity index (χ3n) is 4.53. The Hall–Kier alpha value is -2.63. The van der Waals surface area contributed by atoms with Crippen LogP contribution < -0.4 is 0 Å². The Morgan fingerprint density at radius 1 is 1.21 bits per heavy atom. The van der Waals surface area contributed by atoms with Gasteiger partial charge in [0.25, 0.3) is 0 Å². The summed E-state index contributed by atoms with van der Waals surface area (Å²) in [5.41, 5.74) is 1.17. The van der Waals surface area contributed by atoms with Gasteiger partial charge in [0.1, 0.15) is 11.9 Å². The fraction of sp³-hybridized carbons (Fsp3) is 0.389. The molecule has 2 heterocycles. The van der Waals surface area contributed by atoms with Crippen molar-refractivity contribution >= 4 is 11.8 Å². The van der Waals surface area contributed by atoms with Gasteiger partial charge in [-0.05, 0) is 18.9 Å². The van der Waals surface area contributed by atoms with Crippen molar-refractivity contribution in [2.45, 2.75) is 25.9 Å². The minimum Gasteiger partial charge on any atom is -0.337 e. The number of amides is 2. The van der Waals surface area contributed by atoms with Crippen LogP contribution in [0.5, 0.6) is 0 Å². The van der Waals surface area contributed by atoms with Gasteiger partial charge in [-0.1, -0.05) is 30.3 Å². The number of imidazole rings is 1. The fourth-order valence-corrected chi connectivity index (χ4v) is 2.97. The second kappa shape index (κ2) is 6.86. The predicted molar refractivity (Wildman–Crippen MR) is 89.9 cm³/mol. The summed E-state index contributed by atoms with van der Waals surface area (Å²) in [6, 6.07) is 9.54. The minimum absolute atomic E-state index is 0.000240. The van der Waals surface area contributed by atoms with E-state index in [1.165, 1.54) is 5.56 Å². The molecule has 24 heavy (non-hydrogen) atoms. The molecule has 0 radical (unpaired) electrons. The van der Waals surface area contributed by atoms with Crippen molar-refractivity contribution in [1.29, 1.82) is 0 Å². The number of carbonyl (C=O) groups excluding carboxylic acids is 2. The molecule has 0 unspecified atom stereocenters. The first-order valence-electron chi connectivity index (χ1n) is 8.14. The lowest BCUT2D eigenvalue weighted by Crippen LogP contribution is -2.58. The first-order valence-corrected chi connectivity index (χ1v) is 8.14. The van der Waals surface area contributed by atoms with Gasteiger partial charge in [-0.15, -0.1) is 0 Å². The zero-order valence-electron chi connectivity index (χ0n) is 14.1. The molecule has 0 aliphatic carbocycles. The number of hydrogen-bond donors (Lipinski definition) is 0. The molecule has 6 heteroatoms. The van der Waals surface area contributed by atoms with Crippen molar-refractivity contribution in [3.05, 3.63) is 54.1 Å². The molecule has 6 nitrogen and oxygen atoms in total. The Labute approximate surface area is 141 Å². The van der Waals surface area contributed by atoms with E-state index in [-0.39, 0.29) is 18.4 Å². The Morgan fingerprint density at radius 3 is 2.62 bits per heavy atom. The number of piperazine rings is 1. The maximum atomic E-state index is 12.6. The molecular formula is C18H22N4O2. The zero-order chi connectivity index (χ0) is 17.1. The van der Waals surface area contributed by atoms with Gasteiger partial charge >= 0.3 is 0 Å². The van der Waals surface area contributed by atoms with Crippen LogP contribution in [0, 0.1) is 0 Å². The largest absolute Gasteiger partial charge is 0.337 e. The Balaban J connectivity index is 1.64. The Morgan fingerprint density at radius 2 is 1.96 bits per heavy atom. The van der Waals surface area contributed by atoms with Gasteiger partial charge in [0, 0.05) is 26.0 Å². The second-order valence-electron chi connectivity index (χ2n) is 6.15. The molecule has 2 amide bonds. The van der Waals surface area contributed by atoms with Crippen LogP contribution in [0.4, 0.5) is 0 Å². The van der Waals surface area contributed by atoms with Crippen LogP contribution in [0.1, 0.15) is 18.3 Å². The van der Waals surface area contributed by atoms with E-state index in [2.05, 4.69) is 4.98 Å². The molecule has 1 fully saturated rings. The van der Waals surface area contributed by atoms with E-state index >= 15 is 0 Å². The van der Waals surface area contributed by atoms with E-state index < -0.39 is 6.04 Å². The molecule has 2 aromatic rings. The molecule has 1 atom stereocenters. The SMILES string of the molecule is C[C@@H]1C(=O)N(CCc2ccccc2)CC(=O)N1Cc1nccn1C. The average Bonchev–Trinajstić information content (AvgIpc) is 2.99. The molecule has 1 aliphatic rings. The highest BCUT2D eigenvalue weighted by molar-refractivity contribution is 5.94. The highest BCUT2D eigenvalue weighted by Crippen LogP contribution is 2.16. The van der Waals surface area contributed by atoms with Crippen LogP contribution in [-0.4, -0.2) is 50.3 Å². The highest BCUT2D eigenvalue weighted by Gasteiger charge is 2.36. The Kier molecular flexibility index (Phi) is 4.64. The number of hydrogen-bond acceptors (Lipinski definition) is 3. The molecule has 0 N–H and O–H groups in total. The molecule has 1 aromatic heterocycles. The van der Waals surface area contributed by atoms with Crippen LogP contribution in [0.2, 0.25) is 0 Å². The van der Waals surface area contributed by atoms with E-state index in [9.17, 15) is 9.59 Å². The summed E-state index contributed by atoms with van der Waals surface area (Å²) in [5, 5.41) is 0. The summed E-state index contributed by atoms with van der Waals surface area (Å²) in [5.74, 6) is 0.749. The standard InChI is InChI=1S/C18H22N4O2/c1-14-18(24)21(10-8-15-6-4-3-5-7-15)13-17(23)22(14)12-16-19-9-11-20(16)2/h3-7,9,11,14H,8,10,12-13H2,1-2H3/t14-/m1/s1. The lowest BCUT2D eigenvalue weighted by atomic mass is 10.1. The van der Waals surface area contributed by atoms with Gasteiger partial charge < -0.3 is 14.4 Å². The third kappa shape index (κ3) is 3.32. The monoisotopic (exact) mass is 326 g/mol. The van der Waals surface area contributed by atoms with Gasteiger partial charge in [-0.3, -0.25) is 9.59 Å². The Bertz CT molecular complexity index is 726. The summed E-state index contributed by atoms with van der Waals surface area (Å²) in [7, 11) is 1.88. The summed E-state index contributed by atoms with van der Waals surface area (Å²) >= 11 is 0. The van der Waals surface area contributed by atoms with E-state index in [0.29, 0.717) is 13.1 Å². The topological polar surface area (TPSA) is 58.4 Å². The van der Waals surface area contributed by atoms with E-state index in [1.54, 1.807) is 22.9 Å². The normalized spacial score (nSPS) is 18.3. The van der Waals surface area contributed by atoms with Crippen molar-refractivity contribution in [2.24, 2.45) is 7.05 Å². The average molecular weight is 326 g/mol. The quantitative estimate of drug-likeness (QED) is 0.830. The van der Waals surface area contributed by atoms with Gasteiger partial charge in [-0.2, -0.15) is 0 Å². The molecule has 1 aromatic carbocycles. The van der Waals surface area contributed by atoms with Crippen molar-refractivity contribution in [1.82, 2.24) is 19.4 Å². The number of aryl methyl sites for hydroxylation is 1. The first kappa shape index (κ1) is 16.2. The maximum Gasteiger partial charge on any atom is 0.245 e. The van der Waals surface area contributed by atoms with E-state index in [1.807, 2.05) is 48.1 Å². The molecule has 1 saturated heterocycles. The van der Waals surface area contributed by atoms with E-state index in [4.69, 9.17) is 0 Å². The van der Waals surface area contributed by atoms with Crippen LogP contribution in [0.15, 0.2) is 42.7 Å². The third-order valence-corrected chi connectivity index (χ3v) is 4.53. The van der Waals surface area contributed by atoms with Crippen molar-refractivity contribution < 1.29 is 9.59 Å². The highest BCUT2D eigenvalue weighted by atomic mass is 16.2. The summed E-state index contributed by atoms with van der Waals surface area (Å²) in [6.45, 7) is 2.86. The van der Waals surface area contributed by atoms with Crippen molar-refractivity contribution in [3.8, 4) is 0 Å². The zero-order valence-corrected chi connectivity index (χ0v) is 14.1. The van der Waals surface area contributed by atoms with Crippen LogP contribution in [0.25, 0.3) is 0 Å². The smallest absolute Gasteiger partial charge is 0.245 e. The van der Waals surface area contributed by atoms with Gasteiger partial charge in [-0.25, -0.2) is 4.98 Å². The molecule has 3 rings (SSSR count). The number of aromatic nitrogens is 2. The molecule has 0 saturated carbocycles. The fourth-order valence-electron chi connectivity index (χ4n) is 2.97. The number of carbonyl (C=O) groups is 2. The van der Waals surface area contributed by atoms with Crippen LogP contribution in [-0.2, 0) is 29.6 Å². The van der Waals surface area contributed by atoms with Crippen molar-refractivity contribution in [2.75, 3.05) is 13.1 Å². The first-order chi connectivity index (χ1) is 11.6. The maximum absolute atomic E-state index is 12.6. The molecule has 0 bridgehead atoms. The van der Waals surface area contributed by atoms with Crippen molar-refractivity contribution in [3.63, 3.8) is 0 Å². The summed E-state index contributed by atoms with van der Waals surface area (Å²) in [4.78, 5) is 32.6. The minimum atomic E-state index is -0.460. The lowest BCUT2D eigenvalue weighted by Gasteiger charge is -2.38. The van der Waals surface area contributed by atoms with Gasteiger partial charge in [0.15, 0.2) is 0 Å².